The highest BCUT2D eigenvalue weighted by atomic mass is 79.9. The Kier molecular flexibility index (Phi) is 4.36. The predicted molar refractivity (Wildman–Crippen MR) is 68.1 cm³/mol. The second-order valence-electron chi connectivity index (χ2n) is 4.43. The monoisotopic (exact) mass is 285 g/mol. The predicted octanol–water partition coefficient (Wildman–Crippen LogP) is 3.66. The van der Waals surface area contributed by atoms with Crippen LogP contribution in [0.3, 0.4) is 0 Å². The van der Waals surface area contributed by atoms with E-state index in [1.165, 1.54) is 19.3 Å². The molecule has 1 aliphatic carbocycles. The quantitative estimate of drug-likeness (QED) is 0.787. The van der Waals surface area contributed by atoms with Crippen LogP contribution in [0.4, 0.5) is 4.39 Å². The molecule has 88 valence electrons. The van der Waals surface area contributed by atoms with E-state index in [2.05, 4.69) is 21.2 Å². The van der Waals surface area contributed by atoms with Crippen LogP contribution in [0.5, 0.6) is 0 Å². The first-order valence-corrected chi connectivity index (χ1v) is 6.72. The molecule has 0 aliphatic heterocycles. The summed E-state index contributed by atoms with van der Waals surface area (Å²) in [6, 6.07) is 6.19. The van der Waals surface area contributed by atoms with Crippen molar-refractivity contribution in [1.82, 2.24) is 5.32 Å². The molecule has 0 spiro atoms. The Labute approximate surface area is 105 Å². The molecule has 0 radical (unpaired) electrons. The Hall–Kier alpha value is -0.410. The smallest absolute Gasteiger partial charge is 0.137 e. The Morgan fingerprint density at radius 2 is 2.12 bits per heavy atom. The maximum atomic E-state index is 13.2. The van der Waals surface area contributed by atoms with Gasteiger partial charge in [0.25, 0.3) is 0 Å². The number of benzene rings is 1. The summed E-state index contributed by atoms with van der Waals surface area (Å²) in [6.45, 7) is 1.10. The van der Waals surface area contributed by atoms with Gasteiger partial charge in [-0.15, -0.1) is 0 Å². The first-order chi connectivity index (χ1) is 7.75. The van der Waals surface area contributed by atoms with E-state index >= 15 is 0 Å². The van der Waals surface area contributed by atoms with Gasteiger partial charge in [-0.1, -0.05) is 6.07 Å². The minimum absolute atomic E-state index is 0.159. The zero-order valence-corrected chi connectivity index (χ0v) is 10.9. The average Bonchev–Trinajstić information content (AvgIpc) is 3.07. The van der Waals surface area contributed by atoms with Gasteiger partial charge in [-0.2, -0.15) is 0 Å². The number of nitrogens with one attached hydrogen (secondary N) is 1. The van der Waals surface area contributed by atoms with Crippen molar-refractivity contribution in [3.8, 4) is 0 Å². The minimum Gasteiger partial charge on any atom is -0.314 e. The molecule has 0 aromatic heterocycles. The summed E-state index contributed by atoms with van der Waals surface area (Å²) < 4.78 is 13.8. The van der Waals surface area contributed by atoms with E-state index < -0.39 is 0 Å². The third kappa shape index (κ3) is 3.87. The molecule has 3 heteroatoms. The summed E-state index contributed by atoms with van der Waals surface area (Å²) >= 11 is 3.16. The fraction of sp³-hybridized carbons (Fsp3) is 0.538. The van der Waals surface area contributed by atoms with Crippen LogP contribution >= 0.6 is 15.9 Å². The fourth-order valence-corrected chi connectivity index (χ4v) is 1.99. The van der Waals surface area contributed by atoms with Crippen LogP contribution in [0.2, 0.25) is 0 Å². The summed E-state index contributed by atoms with van der Waals surface area (Å²) in [6.07, 6.45) is 5.96. The molecule has 1 nitrogen and oxygen atoms in total. The van der Waals surface area contributed by atoms with Crippen LogP contribution in [0, 0.1) is 5.82 Å². The molecule has 1 N–H and O–H groups in total. The molecule has 0 bridgehead atoms. The van der Waals surface area contributed by atoms with Crippen LogP contribution < -0.4 is 5.32 Å². The zero-order valence-electron chi connectivity index (χ0n) is 9.31. The Morgan fingerprint density at radius 3 is 2.81 bits per heavy atom. The third-order valence-electron chi connectivity index (χ3n) is 2.89. The molecule has 1 aromatic rings. The molecule has 0 saturated heterocycles. The largest absolute Gasteiger partial charge is 0.314 e. The van der Waals surface area contributed by atoms with Crippen molar-refractivity contribution in [2.24, 2.45) is 0 Å². The van der Waals surface area contributed by atoms with E-state index in [4.69, 9.17) is 0 Å². The lowest BCUT2D eigenvalue weighted by molar-refractivity contribution is 0.608. The molecule has 1 aliphatic rings. The Bertz CT molecular complexity index is 350. The lowest BCUT2D eigenvalue weighted by Gasteiger charge is -2.04. The number of hydrogen-bond donors (Lipinski definition) is 1. The first kappa shape index (κ1) is 12.1. The molecular weight excluding hydrogens is 269 g/mol. The second-order valence-corrected chi connectivity index (χ2v) is 5.29. The molecule has 1 saturated carbocycles. The molecule has 1 aromatic carbocycles. The molecule has 0 amide bonds. The van der Waals surface area contributed by atoms with Crippen molar-refractivity contribution in [2.45, 2.75) is 38.1 Å². The molecule has 0 atom stereocenters. The van der Waals surface area contributed by atoms with E-state index in [1.54, 1.807) is 12.1 Å². The molecule has 16 heavy (non-hydrogen) atoms. The van der Waals surface area contributed by atoms with Crippen molar-refractivity contribution >= 4 is 15.9 Å². The first-order valence-electron chi connectivity index (χ1n) is 5.93. The topological polar surface area (TPSA) is 12.0 Å². The summed E-state index contributed by atoms with van der Waals surface area (Å²) in [5.41, 5.74) is 1.09. The Morgan fingerprint density at radius 1 is 1.31 bits per heavy atom. The van der Waals surface area contributed by atoms with Gasteiger partial charge in [0.15, 0.2) is 0 Å². The van der Waals surface area contributed by atoms with E-state index in [-0.39, 0.29) is 5.82 Å². The van der Waals surface area contributed by atoms with Crippen molar-refractivity contribution in [1.29, 1.82) is 0 Å². The van der Waals surface area contributed by atoms with Gasteiger partial charge in [0.1, 0.15) is 5.82 Å². The van der Waals surface area contributed by atoms with E-state index in [0.29, 0.717) is 4.47 Å². The second kappa shape index (κ2) is 5.78. The number of aryl methyl sites for hydroxylation is 1. The van der Waals surface area contributed by atoms with Crippen LogP contribution in [0.15, 0.2) is 22.7 Å². The lowest BCUT2D eigenvalue weighted by atomic mass is 10.1. The standard InChI is InChI=1S/C13H17BrFN/c14-12-7-4-10(9-13(12)15)3-1-2-8-16-11-5-6-11/h4,7,9,11,16H,1-3,5-6,8H2. The molecule has 0 unspecified atom stereocenters. The lowest BCUT2D eigenvalue weighted by Crippen LogP contribution is -2.17. The van der Waals surface area contributed by atoms with E-state index in [0.717, 1.165) is 31.0 Å². The summed E-state index contributed by atoms with van der Waals surface area (Å²) in [7, 11) is 0. The van der Waals surface area contributed by atoms with Gasteiger partial charge in [0.2, 0.25) is 0 Å². The summed E-state index contributed by atoms with van der Waals surface area (Å²) in [4.78, 5) is 0. The minimum atomic E-state index is -0.159. The van der Waals surface area contributed by atoms with Gasteiger partial charge in [-0.25, -0.2) is 4.39 Å². The van der Waals surface area contributed by atoms with Crippen LogP contribution in [0.1, 0.15) is 31.2 Å². The highest BCUT2D eigenvalue weighted by Crippen LogP contribution is 2.19. The normalized spacial score (nSPS) is 15.4. The maximum Gasteiger partial charge on any atom is 0.137 e. The highest BCUT2D eigenvalue weighted by molar-refractivity contribution is 9.10. The van der Waals surface area contributed by atoms with Crippen LogP contribution in [0.25, 0.3) is 0 Å². The summed E-state index contributed by atoms with van der Waals surface area (Å²) in [5.74, 6) is -0.159. The number of hydrogen-bond acceptors (Lipinski definition) is 1. The Balaban J connectivity index is 1.65. The van der Waals surface area contributed by atoms with E-state index in [1.807, 2.05) is 6.07 Å². The fourth-order valence-electron chi connectivity index (χ4n) is 1.74. The van der Waals surface area contributed by atoms with Gasteiger partial charge >= 0.3 is 0 Å². The van der Waals surface area contributed by atoms with Gasteiger partial charge in [0, 0.05) is 6.04 Å². The van der Waals surface area contributed by atoms with Gasteiger partial charge in [-0.05, 0) is 72.3 Å². The van der Waals surface area contributed by atoms with Gasteiger partial charge < -0.3 is 5.32 Å². The molecule has 2 rings (SSSR count). The third-order valence-corrected chi connectivity index (χ3v) is 3.53. The van der Waals surface area contributed by atoms with Crippen molar-refractivity contribution in [2.75, 3.05) is 6.54 Å². The summed E-state index contributed by atoms with van der Waals surface area (Å²) in [5, 5.41) is 3.48. The van der Waals surface area contributed by atoms with Gasteiger partial charge in [-0.3, -0.25) is 0 Å². The van der Waals surface area contributed by atoms with E-state index in [9.17, 15) is 4.39 Å². The highest BCUT2D eigenvalue weighted by Gasteiger charge is 2.19. The van der Waals surface area contributed by atoms with Crippen molar-refractivity contribution < 1.29 is 4.39 Å². The molecule has 1 fully saturated rings. The average molecular weight is 286 g/mol. The number of halogens is 2. The zero-order chi connectivity index (χ0) is 11.4. The van der Waals surface area contributed by atoms with Gasteiger partial charge in [0.05, 0.1) is 4.47 Å². The van der Waals surface area contributed by atoms with Crippen LogP contribution in [-0.4, -0.2) is 12.6 Å². The molecular formula is C13H17BrFN. The number of rotatable bonds is 6. The SMILES string of the molecule is Fc1cc(CCCCNC2CC2)ccc1Br. The van der Waals surface area contributed by atoms with Crippen molar-refractivity contribution in [3.05, 3.63) is 34.1 Å². The maximum absolute atomic E-state index is 13.2. The number of unbranched alkanes of at least 4 members (excludes halogenated alkanes) is 1. The van der Waals surface area contributed by atoms with Crippen LogP contribution in [-0.2, 0) is 6.42 Å². The molecule has 0 heterocycles. The van der Waals surface area contributed by atoms with Crippen molar-refractivity contribution in [3.63, 3.8) is 0 Å².